The van der Waals surface area contributed by atoms with Crippen molar-refractivity contribution in [2.24, 2.45) is 5.73 Å². The van der Waals surface area contributed by atoms with E-state index in [1.54, 1.807) is 0 Å². The zero-order chi connectivity index (χ0) is 13.8. The summed E-state index contributed by atoms with van der Waals surface area (Å²) in [5.74, 6) is -1.01. The molecule has 0 spiro atoms. The van der Waals surface area contributed by atoms with Gasteiger partial charge in [-0.3, -0.25) is 4.90 Å². The van der Waals surface area contributed by atoms with E-state index in [2.05, 4.69) is 16.7 Å². The average molecular weight is 269 g/mol. The van der Waals surface area contributed by atoms with Crippen LogP contribution in [0.1, 0.15) is 18.5 Å². The molecule has 1 aliphatic heterocycles. The van der Waals surface area contributed by atoms with Crippen LogP contribution in [0.3, 0.4) is 0 Å². The summed E-state index contributed by atoms with van der Waals surface area (Å²) in [6, 6.07) is 3.60. The second-order valence-corrected chi connectivity index (χ2v) is 4.86. The fraction of sp³-hybridized carbons (Fsp3) is 0.571. The van der Waals surface area contributed by atoms with E-state index in [0.29, 0.717) is 0 Å². The van der Waals surface area contributed by atoms with Crippen LogP contribution in [0.4, 0.5) is 8.78 Å². The van der Waals surface area contributed by atoms with E-state index in [-0.39, 0.29) is 18.2 Å². The van der Waals surface area contributed by atoms with Crippen molar-refractivity contribution >= 4 is 0 Å². The summed E-state index contributed by atoms with van der Waals surface area (Å²) in [6.45, 7) is 6.78. The van der Waals surface area contributed by atoms with Crippen molar-refractivity contribution in [3.05, 3.63) is 35.4 Å². The number of benzene rings is 1. The molecule has 1 aromatic rings. The Morgan fingerprint density at radius 3 is 2.21 bits per heavy atom. The standard InChI is InChI=1S/C14H21F2N3/c1-2-18-6-8-19(9-7-18)13(10-17)14-11(15)4-3-5-12(14)16/h3-5,13H,2,6-10,17H2,1H3. The normalized spacial score (nSPS) is 19.6. The second kappa shape index (κ2) is 6.41. The lowest BCUT2D eigenvalue weighted by Gasteiger charge is -2.38. The molecule has 106 valence electrons. The van der Waals surface area contributed by atoms with Gasteiger partial charge in [0.15, 0.2) is 0 Å². The quantitative estimate of drug-likeness (QED) is 0.901. The summed E-state index contributed by atoms with van der Waals surface area (Å²) >= 11 is 0. The molecule has 0 aliphatic carbocycles. The smallest absolute Gasteiger partial charge is 0.130 e. The molecular weight excluding hydrogens is 248 g/mol. The number of hydrogen-bond donors (Lipinski definition) is 1. The van der Waals surface area contributed by atoms with Crippen LogP contribution in [0.25, 0.3) is 0 Å². The minimum absolute atomic E-state index is 0.106. The third-order valence-corrected chi connectivity index (χ3v) is 3.85. The predicted molar refractivity (Wildman–Crippen MR) is 71.8 cm³/mol. The van der Waals surface area contributed by atoms with Crippen molar-refractivity contribution in [3.63, 3.8) is 0 Å². The Hall–Kier alpha value is -1.04. The van der Waals surface area contributed by atoms with Crippen molar-refractivity contribution < 1.29 is 8.78 Å². The van der Waals surface area contributed by atoms with E-state index in [0.717, 1.165) is 32.7 Å². The van der Waals surface area contributed by atoms with E-state index >= 15 is 0 Å². The van der Waals surface area contributed by atoms with E-state index in [9.17, 15) is 8.78 Å². The van der Waals surface area contributed by atoms with Crippen LogP contribution in [0, 0.1) is 11.6 Å². The van der Waals surface area contributed by atoms with Gasteiger partial charge in [-0.05, 0) is 18.7 Å². The molecule has 0 bridgehead atoms. The first-order valence-electron chi connectivity index (χ1n) is 6.77. The van der Waals surface area contributed by atoms with Crippen LogP contribution in [-0.4, -0.2) is 49.1 Å². The highest BCUT2D eigenvalue weighted by Gasteiger charge is 2.27. The van der Waals surface area contributed by atoms with E-state index < -0.39 is 11.6 Å². The minimum atomic E-state index is -0.506. The number of piperazine rings is 1. The molecule has 1 atom stereocenters. The lowest BCUT2D eigenvalue weighted by Crippen LogP contribution is -2.49. The van der Waals surface area contributed by atoms with Crippen molar-refractivity contribution in [1.82, 2.24) is 9.80 Å². The second-order valence-electron chi connectivity index (χ2n) is 4.86. The molecule has 0 radical (unpaired) electrons. The largest absolute Gasteiger partial charge is 0.329 e. The molecule has 2 rings (SSSR count). The first kappa shape index (κ1) is 14.4. The molecule has 19 heavy (non-hydrogen) atoms. The van der Waals surface area contributed by atoms with Gasteiger partial charge in [-0.15, -0.1) is 0 Å². The van der Waals surface area contributed by atoms with E-state index in [4.69, 9.17) is 5.73 Å². The summed E-state index contributed by atoms with van der Waals surface area (Å²) in [6.07, 6.45) is 0. The van der Waals surface area contributed by atoms with Crippen LogP contribution in [0.2, 0.25) is 0 Å². The molecule has 0 amide bonds. The first-order valence-corrected chi connectivity index (χ1v) is 6.77. The summed E-state index contributed by atoms with van der Waals surface area (Å²) in [7, 11) is 0. The Labute approximate surface area is 113 Å². The van der Waals surface area contributed by atoms with E-state index in [1.807, 2.05) is 0 Å². The van der Waals surface area contributed by atoms with Crippen LogP contribution >= 0.6 is 0 Å². The monoisotopic (exact) mass is 269 g/mol. The average Bonchev–Trinajstić information content (AvgIpc) is 2.43. The first-order chi connectivity index (χ1) is 9.17. The van der Waals surface area contributed by atoms with Gasteiger partial charge in [0.05, 0.1) is 6.04 Å². The Morgan fingerprint density at radius 1 is 1.16 bits per heavy atom. The highest BCUT2D eigenvalue weighted by atomic mass is 19.1. The number of likely N-dealkylation sites (N-methyl/N-ethyl adjacent to an activating group) is 1. The Morgan fingerprint density at radius 2 is 1.74 bits per heavy atom. The van der Waals surface area contributed by atoms with Crippen LogP contribution in [0.5, 0.6) is 0 Å². The van der Waals surface area contributed by atoms with Crippen molar-refractivity contribution in [3.8, 4) is 0 Å². The van der Waals surface area contributed by atoms with Gasteiger partial charge in [-0.25, -0.2) is 8.78 Å². The molecule has 1 aliphatic rings. The molecule has 1 unspecified atom stereocenters. The zero-order valence-corrected chi connectivity index (χ0v) is 11.3. The Kier molecular flexibility index (Phi) is 4.85. The van der Waals surface area contributed by atoms with Crippen molar-refractivity contribution in [2.75, 3.05) is 39.3 Å². The van der Waals surface area contributed by atoms with Gasteiger partial charge in [0.2, 0.25) is 0 Å². The van der Waals surface area contributed by atoms with Gasteiger partial charge in [0.25, 0.3) is 0 Å². The van der Waals surface area contributed by atoms with E-state index in [1.165, 1.54) is 18.2 Å². The minimum Gasteiger partial charge on any atom is -0.329 e. The molecule has 1 saturated heterocycles. The summed E-state index contributed by atoms with van der Waals surface area (Å²) in [4.78, 5) is 4.40. The highest BCUT2D eigenvalue weighted by molar-refractivity contribution is 5.24. The molecule has 1 heterocycles. The summed E-state index contributed by atoms with van der Waals surface area (Å²) in [5.41, 5.74) is 5.86. The third-order valence-electron chi connectivity index (χ3n) is 3.85. The lowest BCUT2D eigenvalue weighted by molar-refractivity contribution is 0.0988. The molecule has 0 saturated carbocycles. The molecular formula is C14H21F2N3. The lowest BCUT2D eigenvalue weighted by atomic mass is 10.0. The van der Waals surface area contributed by atoms with Crippen LogP contribution in [-0.2, 0) is 0 Å². The van der Waals surface area contributed by atoms with Gasteiger partial charge in [0, 0.05) is 38.3 Å². The number of nitrogens with zero attached hydrogens (tertiary/aromatic N) is 2. The molecule has 1 aromatic carbocycles. The molecule has 5 heteroatoms. The molecule has 0 aromatic heterocycles. The number of rotatable bonds is 4. The maximum atomic E-state index is 13.9. The zero-order valence-electron chi connectivity index (χ0n) is 11.3. The Balaban J connectivity index is 2.17. The van der Waals surface area contributed by atoms with Gasteiger partial charge in [0.1, 0.15) is 11.6 Å². The maximum absolute atomic E-state index is 13.9. The Bertz CT molecular complexity index is 397. The summed E-state index contributed by atoms with van der Waals surface area (Å²) in [5, 5.41) is 0. The third kappa shape index (κ3) is 3.11. The predicted octanol–water partition coefficient (Wildman–Crippen LogP) is 1.60. The SMILES string of the molecule is CCN1CCN(C(CN)c2c(F)cccc2F)CC1. The van der Waals surface area contributed by atoms with Gasteiger partial charge in [-0.2, -0.15) is 0 Å². The fourth-order valence-corrected chi connectivity index (χ4v) is 2.67. The molecule has 2 N–H and O–H groups in total. The van der Waals surface area contributed by atoms with Gasteiger partial charge < -0.3 is 10.6 Å². The number of hydrogen-bond acceptors (Lipinski definition) is 3. The molecule has 1 fully saturated rings. The fourth-order valence-electron chi connectivity index (χ4n) is 2.67. The van der Waals surface area contributed by atoms with Gasteiger partial charge >= 0.3 is 0 Å². The maximum Gasteiger partial charge on any atom is 0.130 e. The summed E-state index contributed by atoms with van der Waals surface area (Å²) < 4.78 is 27.7. The number of halogens is 2. The topological polar surface area (TPSA) is 32.5 Å². The van der Waals surface area contributed by atoms with Crippen molar-refractivity contribution in [2.45, 2.75) is 13.0 Å². The highest BCUT2D eigenvalue weighted by Crippen LogP contribution is 2.26. The molecule has 3 nitrogen and oxygen atoms in total. The van der Waals surface area contributed by atoms with Gasteiger partial charge in [-0.1, -0.05) is 13.0 Å². The number of nitrogens with two attached hydrogens (primary N) is 1. The van der Waals surface area contributed by atoms with Crippen LogP contribution in [0.15, 0.2) is 18.2 Å². The van der Waals surface area contributed by atoms with Crippen LogP contribution < -0.4 is 5.73 Å². The van der Waals surface area contributed by atoms with Crippen molar-refractivity contribution in [1.29, 1.82) is 0 Å².